The molecule has 2 fully saturated rings. The van der Waals surface area contributed by atoms with Crippen molar-refractivity contribution in [2.75, 3.05) is 26.2 Å². The number of nitrogens with zero attached hydrogens (tertiary/aromatic N) is 2. The van der Waals surface area contributed by atoms with E-state index >= 15 is 0 Å². The maximum absolute atomic E-state index is 12.9. The number of halogens is 1. The van der Waals surface area contributed by atoms with Crippen LogP contribution in [0.2, 0.25) is 0 Å². The lowest BCUT2D eigenvalue weighted by Gasteiger charge is -2.60. The molecule has 27 heavy (non-hydrogen) atoms. The van der Waals surface area contributed by atoms with E-state index in [4.69, 9.17) is 5.73 Å². The highest BCUT2D eigenvalue weighted by molar-refractivity contribution is 5.92. The number of likely N-dealkylation sites (tertiary alicyclic amines) is 2. The van der Waals surface area contributed by atoms with E-state index in [1.807, 2.05) is 23.1 Å². The number of primary amides is 1. The summed E-state index contributed by atoms with van der Waals surface area (Å²) in [5.74, 6) is -0.601. The standard InChI is InChI=1S/C21H22FN3O2/c22-18-6-4-15(5-7-18)9-19(26)25-13-21(14-25)11-24(12-21)10-16-2-1-3-17(8-16)20(23)27/h1-8H,9-14H2,(H2,23,27). The van der Waals surface area contributed by atoms with E-state index in [0.717, 1.165) is 43.9 Å². The fraction of sp³-hybridized carbons (Fsp3) is 0.333. The van der Waals surface area contributed by atoms with Gasteiger partial charge in [-0.05, 0) is 35.4 Å². The summed E-state index contributed by atoms with van der Waals surface area (Å²) in [6, 6.07) is 13.5. The highest BCUT2D eigenvalue weighted by atomic mass is 19.1. The zero-order valence-corrected chi connectivity index (χ0v) is 15.0. The third kappa shape index (κ3) is 3.71. The van der Waals surface area contributed by atoms with E-state index in [-0.39, 0.29) is 17.1 Å². The van der Waals surface area contributed by atoms with Crippen LogP contribution < -0.4 is 5.73 Å². The Balaban J connectivity index is 1.25. The molecule has 2 aliphatic heterocycles. The molecule has 2 heterocycles. The largest absolute Gasteiger partial charge is 0.366 e. The van der Waals surface area contributed by atoms with Crippen molar-refractivity contribution in [3.63, 3.8) is 0 Å². The van der Waals surface area contributed by atoms with Gasteiger partial charge in [0.1, 0.15) is 5.82 Å². The molecule has 0 atom stereocenters. The molecule has 0 radical (unpaired) electrons. The average Bonchev–Trinajstić information content (AvgIpc) is 2.58. The number of amides is 2. The zero-order chi connectivity index (χ0) is 19.0. The lowest BCUT2D eigenvalue weighted by molar-refractivity contribution is -0.159. The van der Waals surface area contributed by atoms with Gasteiger partial charge in [-0.15, -0.1) is 0 Å². The van der Waals surface area contributed by atoms with Gasteiger partial charge in [0.2, 0.25) is 11.8 Å². The van der Waals surface area contributed by atoms with Crippen molar-refractivity contribution in [1.29, 1.82) is 0 Å². The number of hydrogen-bond acceptors (Lipinski definition) is 3. The smallest absolute Gasteiger partial charge is 0.248 e. The van der Waals surface area contributed by atoms with Crippen LogP contribution in [-0.4, -0.2) is 47.8 Å². The van der Waals surface area contributed by atoms with E-state index in [1.165, 1.54) is 12.1 Å². The molecule has 0 aliphatic carbocycles. The maximum atomic E-state index is 12.9. The monoisotopic (exact) mass is 367 g/mol. The molecule has 140 valence electrons. The molecule has 6 heteroatoms. The van der Waals surface area contributed by atoms with Crippen molar-refractivity contribution in [3.8, 4) is 0 Å². The normalized spacial score (nSPS) is 18.0. The van der Waals surface area contributed by atoms with Gasteiger partial charge in [-0.25, -0.2) is 4.39 Å². The average molecular weight is 367 g/mol. The predicted molar refractivity (Wildman–Crippen MR) is 99.4 cm³/mol. The van der Waals surface area contributed by atoms with E-state index in [2.05, 4.69) is 4.90 Å². The summed E-state index contributed by atoms with van der Waals surface area (Å²) in [6.07, 6.45) is 0.319. The number of benzene rings is 2. The van der Waals surface area contributed by atoms with Crippen molar-refractivity contribution < 1.29 is 14.0 Å². The van der Waals surface area contributed by atoms with Gasteiger partial charge in [-0.2, -0.15) is 0 Å². The Morgan fingerprint density at radius 2 is 1.70 bits per heavy atom. The van der Waals surface area contributed by atoms with Crippen molar-refractivity contribution in [1.82, 2.24) is 9.80 Å². The Labute approximate surface area is 157 Å². The molecule has 2 aromatic rings. The Bertz CT molecular complexity index is 867. The number of carbonyl (C=O) groups is 2. The van der Waals surface area contributed by atoms with Gasteiger partial charge in [0.15, 0.2) is 0 Å². The third-order valence-electron chi connectivity index (χ3n) is 5.41. The van der Waals surface area contributed by atoms with Gasteiger partial charge in [-0.3, -0.25) is 14.5 Å². The molecule has 0 aromatic heterocycles. The first-order chi connectivity index (χ1) is 12.9. The van der Waals surface area contributed by atoms with Crippen molar-refractivity contribution in [2.45, 2.75) is 13.0 Å². The SMILES string of the molecule is NC(=O)c1cccc(CN2CC3(C2)CN(C(=O)Cc2ccc(F)cc2)C3)c1. The lowest BCUT2D eigenvalue weighted by atomic mass is 9.72. The second kappa shape index (κ2) is 6.78. The van der Waals surface area contributed by atoms with Gasteiger partial charge in [0.05, 0.1) is 6.42 Å². The Kier molecular flexibility index (Phi) is 4.44. The van der Waals surface area contributed by atoms with Crippen LogP contribution in [0.15, 0.2) is 48.5 Å². The molecule has 2 saturated heterocycles. The van der Waals surface area contributed by atoms with Gasteiger partial charge in [-0.1, -0.05) is 24.3 Å². The van der Waals surface area contributed by atoms with Crippen molar-refractivity contribution in [2.24, 2.45) is 11.1 Å². The lowest BCUT2D eigenvalue weighted by Crippen LogP contribution is -2.72. The molecule has 2 N–H and O–H groups in total. The Hall–Kier alpha value is -2.73. The van der Waals surface area contributed by atoms with Crippen LogP contribution in [0.25, 0.3) is 0 Å². The summed E-state index contributed by atoms with van der Waals surface area (Å²) in [5, 5.41) is 0. The first-order valence-electron chi connectivity index (χ1n) is 9.06. The first kappa shape index (κ1) is 17.7. The van der Waals surface area contributed by atoms with E-state index in [9.17, 15) is 14.0 Å². The molecule has 0 saturated carbocycles. The quantitative estimate of drug-likeness (QED) is 0.877. The molecular weight excluding hydrogens is 345 g/mol. The second-order valence-corrected chi connectivity index (χ2v) is 7.76. The van der Waals surface area contributed by atoms with E-state index < -0.39 is 5.91 Å². The minimum Gasteiger partial charge on any atom is -0.366 e. The minimum atomic E-state index is -0.411. The van der Waals surface area contributed by atoms with Crippen LogP contribution in [0, 0.1) is 11.2 Å². The van der Waals surface area contributed by atoms with Gasteiger partial charge in [0.25, 0.3) is 0 Å². The van der Waals surface area contributed by atoms with Crippen LogP contribution in [-0.2, 0) is 17.8 Å². The Morgan fingerprint density at radius 3 is 2.37 bits per heavy atom. The van der Waals surface area contributed by atoms with Crippen LogP contribution in [0.4, 0.5) is 4.39 Å². The zero-order valence-electron chi connectivity index (χ0n) is 15.0. The summed E-state index contributed by atoms with van der Waals surface area (Å²) in [6.45, 7) is 4.25. The van der Waals surface area contributed by atoms with Gasteiger partial charge < -0.3 is 10.6 Å². The summed E-state index contributed by atoms with van der Waals surface area (Å²) in [4.78, 5) is 27.8. The molecular formula is C21H22FN3O2. The minimum absolute atomic E-state index is 0.0971. The van der Waals surface area contributed by atoms with Gasteiger partial charge in [0, 0.05) is 43.7 Å². The molecule has 2 aliphatic rings. The number of carbonyl (C=O) groups excluding carboxylic acids is 2. The number of rotatable bonds is 5. The van der Waals surface area contributed by atoms with Crippen LogP contribution in [0.5, 0.6) is 0 Å². The predicted octanol–water partition coefficient (Wildman–Crippen LogP) is 1.81. The van der Waals surface area contributed by atoms with Crippen LogP contribution in [0.1, 0.15) is 21.5 Å². The molecule has 2 aromatic carbocycles. The first-order valence-corrected chi connectivity index (χ1v) is 9.06. The topological polar surface area (TPSA) is 66.6 Å². The Morgan fingerprint density at radius 1 is 1.00 bits per heavy atom. The maximum Gasteiger partial charge on any atom is 0.248 e. The molecule has 2 amide bonds. The summed E-state index contributed by atoms with van der Waals surface area (Å²) in [5.41, 5.74) is 7.98. The number of nitrogens with two attached hydrogens (primary N) is 1. The van der Waals surface area contributed by atoms with Crippen LogP contribution >= 0.6 is 0 Å². The molecule has 1 spiro atoms. The number of hydrogen-bond donors (Lipinski definition) is 1. The molecule has 0 bridgehead atoms. The van der Waals surface area contributed by atoms with E-state index in [0.29, 0.717) is 12.0 Å². The van der Waals surface area contributed by atoms with E-state index in [1.54, 1.807) is 18.2 Å². The molecule has 4 rings (SSSR count). The molecule has 0 unspecified atom stereocenters. The second-order valence-electron chi connectivity index (χ2n) is 7.76. The van der Waals surface area contributed by atoms with Crippen molar-refractivity contribution >= 4 is 11.8 Å². The molecule has 5 nitrogen and oxygen atoms in total. The van der Waals surface area contributed by atoms with Crippen LogP contribution in [0.3, 0.4) is 0 Å². The fourth-order valence-electron chi connectivity index (χ4n) is 4.12. The third-order valence-corrected chi connectivity index (χ3v) is 5.41. The van der Waals surface area contributed by atoms with Gasteiger partial charge >= 0.3 is 0 Å². The highest BCUT2D eigenvalue weighted by Gasteiger charge is 2.52. The summed E-state index contributed by atoms with van der Waals surface area (Å²) < 4.78 is 12.9. The summed E-state index contributed by atoms with van der Waals surface area (Å²) >= 11 is 0. The van der Waals surface area contributed by atoms with Crippen molar-refractivity contribution in [3.05, 3.63) is 71.0 Å². The highest BCUT2D eigenvalue weighted by Crippen LogP contribution is 2.40. The summed E-state index contributed by atoms with van der Waals surface area (Å²) in [7, 11) is 0. The fourth-order valence-corrected chi connectivity index (χ4v) is 4.12.